The van der Waals surface area contributed by atoms with Gasteiger partial charge in [0.05, 0.1) is 15.9 Å². The highest BCUT2D eigenvalue weighted by Crippen LogP contribution is 2.24. The van der Waals surface area contributed by atoms with Gasteiger partial charge in [0.2, 0.25) is 0 Å². The Labute approximate surface area is 104 Å². The van der Waals surface area contributed by atoms with Crippen molar-refractivity contribution >= 4 is 21.7 Å². The molecular formula is C11H16BrN3O. The number of Topliss-reactive ketones (excluding diaryl/α,β-unsaturated/α-hetero) is 1. The van der Waals surface area contributed by atoms with Crippen molar-refractivity contribution in [3.8, 4) is 0 Å². The number of carbonyl (C=O) groups excluding carboxylic acids is 1. The number of aryl methyl sites for hydroxylation is 2. The first kappa shape index (κ1) is 11.8. The van der Waals surface area contributed by atoms with E-state index in [1.54, 1.807) is 0 Å². The highest BCUT2D eigenvalue weighted by molar-refractivity contribution is 9.10. The molecule has 0 spiro atoms. The molecule has 1 aliphatic rings. The first-order valence-electron chi connectivity index (χ1n) is 5.51. The molecule has 0 aromatic carbocycles. The molecule has 1 unspecified atom stereocenters. The number of hydrogen-bond acceptors (Lipinski definition) is 3. The van der Waals surface area contributed by atoms with E-state index in [-0.39, 0.29) is 5.92 Å². The van der Waals surface area contributed by atoms with Crippen molar-refractivity contribution in [2.45, 2.75) is 19.8 Å². The van der Waals surface area contributed by atoms with Crippen molar-refractivity contribution < 1.29 is 4.79 Å². The Morgan fingerprint density at radius 2 is 2.38 bits per heavy atom. The molecule has 0 saturated carbocycles. The summed E-state index contributed by atoms with van der Waals surface area (Å²) in [7, 11) is 1.92. The molecule has 1 fully saturated rings. The molecule has 1 aromatic rings. The number of ketones is 1. The first-order valence-corrected chi connectivity index (χ1v) is 6.30. The van der Waals surface area contributed by atoms with Gasteiger partial charge in [-0.15, -0.1) is 0 Å². The zero-order valence-corrected chi connectivity index (χ0v) is 11.2. The molecule has 2 rings (SSSR count). The molecule has 4 nitrogen and oxygen atoms in total. The Bertz CT molecular complexity index is 414. The predicted octanol–water partition coefficient (Wildman–Crippen LogP) is 1.21. The summed E-state index contributed by atoms with van der Waals surface area (Å²) in [5.41, 5.74) is 2.09. The summed E-state index contributed by atoms with van der Waals surface area (Å²) < 4.78 is 2.90. The fourth-order valence-corrected chi connectivity index (χ4v) is 2.62. The van der Waals surface area contributed by atoms with Gasteiger partial charge in [0.15, 0.2) is 0 Å². The third-order valence-corrected chi connectivity index (χ3v) is 4.13. The number of piperidine rings is 1. The molecule has 1 N–H and O–H groups in total. The molecule has 5 heteroatoms. The summed E-state index contributed by atoms with van der Waals surface area (Å²) in [6.45, 7) is 3.57. The first-order chi connectivity index (χ1) is 7.59. The second kappa shape index (κ2) is 4.67. The minimum atomic E-state index is 0.0971. The smallest absolute Gasteiger partial charge is 0.138 e. The summed E-state index contributed by atoms with van der Waals surface area (Å²) in [6.07, 6.45) is 1.42. The van der Waals surface area contributed by atoms with Gasteiger partial charge < -0.3 is 5.32 Å². The molecule has 1 saturated heterocycles. The molecule has 16 heavy (non-hydrogen) atoms. The average molecular weight is 286 g/mol. The van der Waals surface area contributed by atoms with Gasteiger partial charge in [-0.25, -0.2) is 0 Å². The van der Waals surface area contributed by atoms with Crippen LogP contribution < -0.4 is 5.32 Å². The van der Waals surface area contributed by atoms with Crippen molar-refractivity contribution in [3.05, 3.63) is 15.9 Å². The Kier molecular flexibility index (Phi) is 3.44. The summed E-state index contributed by atoms with van der Waals surface area (Å²) in [5.74, 6) is 0.462. The van der Waals surface area contributed by atoms with E-state index in [0.29, 0.717) is 12.2 Å². The summed E-state index contributed by atoms with van der Waals surface area (Å²) in [5, 5.41) is 7.60. The summed E-state index contributed by atoms with van der Waals surface area (Å²) in [6, 6.07) is 0. The number of hydrogen-bond donors (Lipinski definition) is 1. The maximum Gasteiger partial charge on any atom is 0.138 e. The quantitative estimate of drug-likeness (QED) is 0.889. The van der Waals surface area contributed by atoms with Gasteiger partial charge in [0.25, 0.3) is 0 Å². The second-order valence-electron chi connectivity index (χ2n) is 4.29. The predicted molar refractivity (Wildman–Crippen MR) is 65.3 cm³/mol. The van der Waals surface area contributed by atoms with Crippen LogP contribution >= 0.6 is 15.9 Å². The van der Waals surface area contributed by atoms with E-state index in [1.165, 1.54) is 0 Å². The molecular weight excluding hydrogens is 270 g/mol. The minimum Gasteiger partial charge on any atom is -0.316 e. The van der Waals surface area contributed by atoms with E-state index in [4.69, 9.17) is 0 Å². The van der Waals surface area contributed by atoms with Crippen LogP contribution in [0.25, 0.3) is 0 Å². The zero-order valence-electron chi connectivity index (χ0n) is 9.59. The lowest BCUT2D eigenvalue weighted by Crippen LogP contribution is -2.38. The second-order valence-corrected chi connectivity index (χ2v) is 5.08. The van der Waals surface area contributed by atoms with Crippen LogP contribution in [-0.4, -0.2) is 28.7 Å². The number of nitrogens with zero attached hydrogens (tertiary/aromatic N) is 2. The van der Waals surface area contributed by atoms with Crippen LogP contribution in [0.4, 0.5) is 0 Å². The summed E-state index contributed by atoms with van der Waals surface area (Å²) in [4.78, 5) is 11.7. The van der Waals surface area contributed by atoms with Gasteiger partial charge in [-0.2, -0.15) is 5.10 Å². The van der Waals surface area contributed by atoms with Gasteiger partial charge >= 0.3 is 0 Å². The third-order valence-electron chi connectivity index (χ3n) is 3.10. The molecule has 2 heterocycles. The third kappa shape index (κ3) is 2.20. The standard InChI is InChI=1S/C11H16BrN3O/c1-7-11(12)9(15(2)14-7)5-8-6-13-4-3-10(8)16/h8,13H,3-6H2,1-2H3. The van der Waals surface area contributed by atoms with Crippen molar-refractivity contribution in [3.63, 3.8) is 0 Å². The number of nitrogens with one attached hydrogen (secondary N) is 1. The molecule has 0 amide bonds. The van der Waals surface area contributed by atoms with E-state index >= 15 is 0 Å². The Hall–Kier alpha value is -0.680. The van der Waals surface area contributed by atoms with E-state index in [2.05, 4.69) is 26.3 Å². The fourth-order valence-electron chi connectivity index (χ4n) is 2.13. The lowest BCUT2D eigenvalue weighted by Gasteiger charge is -2.21. The van der Waals surface area contributed by atoms with E-state index in [9.17, 15) is 4.79 Å². The highest BCUT2D eigenvalue weighted by atomic mass is 79.9. The number of carbonyl (C=O) groups is 1. The molecule has 0 radical (unpaired) electrons. The maximum atomic E-state index is 11.7. The van der Waals surface area contributed by atoms with E-state index in [1.807, 2.05) is 18.7 Å². The van der Waals surface area contributed by atoms with Crippen LogP contribution in [0.5, 0.6) is 0 Å². The Balaban J connectivity index is 2.16. The van der Waals surface area contributed by atoms with Crippen molar-refractivity contribution in [1.29, 1.82) is 0 Å². The van der Waals surface area contributed by atoms with Gasteiger partial charge in [0, 0.05) is 38.9 Å². The van der Waals surface area contributed by atoms with E-state index < -0.39 is 0 Å². The van der Waals surface area contributed by atoms with Crippen LogP contribution in [0.1, 0.15) is 17.8 Å². The average Bonchev–Trinajstić information content (AvgIpc) is 2.48. The molecule has 1 aliphatic heterocycles. The number of halogens is 1. The van der Waals surface area contributed by atoms with Crippen molar-refractivity contribution in [1.82, 2.24) is 15.1 Å². The monoisotopic (exact) mass is 285 g/mol. The topological polar surface area (TPSA) is 46.9 Å². The molecule has 0 aliphatic carbocycles. The molecule has 88 valence electrons. The largest absolute Gasteiger partial charge is 0.316 e. The minimum absolute atomic E-state index is 0.0971. The highest BCUT2D eigenvalue weighted by Gasteiger charge is 2.24. The van der Waals surface area contributed by atoms with Crippen molar-refractivity contribution in [2.75, 3.05) is 13.1 Å². The lowest BCUT2D eigenvalue weighted by atomic mass is 9.93. The van der Waals surface area contributed by atoms with Crippen molar-refractivity contribution in [2.24, 2.45) is 13.0 Å². The van der Waals surface area contributed by atoms with E-state index in [0.717, 1.165) is 35.4 Å². The number of aromatic nitrogens is 2. The maximum absolute atomic E-state index is 11.7. The zero-order chi connectivity index (χ0) is 11.7. The van der Waals surface area contributed by atoms with Gasteiger partial charge in [-0.1, -0.05) is 0 Å². The normalized spacial score (nSPS) is 21.4. The fraction of sp³-hybridized carbons (Fsp3) is 0.636. The summed E-state index contributed by atoms with van der Waals surface area (Å²) >= 11 is 3.53. The Morgan fingerprint density at radius 3 is 2.94 bits per heavy atom. The Morgan fingerprint density at radius 1 is 1.62 bits per heavy atom. The number of rotatable bonds is 2. The molecule has 1 atom stereocenters. The van der Waals surface area contributed by atoms with Gasteiger partial charge in [-0.05, 0) is 22.9 Å². The SMILES string of the molecule is Cc1nn(C)c(CC2CNCCC2=O)c1Br. The molecule has 1 aromatic heterocycles. The van der Waals surface area contributed by atoms with Crippen LogP contribution in [0, 0.1) is 12.8 Å². The van der Waals surface area contributed by atoms with Crippen LogP contribution in [0.15, 0.2) is 4.47 Å². The molecule has 0 bridgehead atoms. The van der Waals surface area contributed by atoms with Gasteiger partial charge in [-0.3, -0.25) is 9.48 Å². The van der Waals surface area contributed by atoms with Crippen LogP contribution in [-0.2, 0) is 18.3 Å². The lowest BCUT2D eigenvalue weighted by molar-refractivity contribution is -0.123. The van der Waals surface area contributed by atoms with Crippen LogP contribution in [0.2, 0.25) is 0 Å². The van der Waals surface area contributed by atoms with Crippen LogP contribution in [0.3, 0.4) is 0 Å². The van der Waals surface area contributed by atoms with Gasteiger partial charge in [0.1, 0.15) is 5.78 Å².